The number of rotatable bonds is 8. The van der Waals surface area contributed by atoms with Gasteiger partial charge < -0.3 is 30.3 Å². The quantitative estimate of drug-likeness (QED) is 0.315. The Labute approximate surface area is 209 Å². The Hall–Kier alpha value is -3.04. The van der Waals surface area contributed by atoms with Crippen molar-refractivity contribution < 1.29 is 24.5 Å². The van der Waals surface area contributed by atoms with E-state index in [1.807, 2.05) is 67.6 Å². The van der Waals surface area contributed by atoms with Crippen molar-refractivity contribution in [2.45, 2.75) is 43.3 Å². The highest BCUT2D eigenvalue weighted by Gasteiger charge is 2.32. The molecule has 0 bridgehead atoms. The number of aliphatic hydroxyl groups is 1. The minimum atomic E-state index is -0.604. The third kappa shape index (κ3) is 6.99. The zero-order valence-corrected chi connectivity index (χ0v) is 20.3. The van der Waals surface area contributed by atoms with E-state index in [2.05, 4.69) is 10.6 Å². The van der Waals surface area contributed by atoms with Crippen molar-refractivity contribution in [3.8, 4) is 5.75 Å². The number of carbonyl (C=O) groups excluding carboxylic acids is 1. The molecule has 7 nitrogen and oxygen atoms in total. The van der Waals surface area contributed by atoms with Crippen molar-refractivity contribution >= 4 is 23.5 Å². The molecule has 8 heteroatoms. The van der Waals surface area contributed by atoms with Gasteiger partial charge in [0.25, 0.3) is 0 Å². The highest BCUT2D eigenvalue weighted by Crippen LogP contribution is 2.40. The molecule has 3 aromatic carbocycles. The van der Waals surface area contributed by atoms with Crippen LogP contribution in [-0.4, -0.2) is 34.6 Å². The van der Waals surface area contributed by atoms with Gasteiger partial charge >= 0.3 is 6.03 Å². The number of ether oxygens (including phenoxy) is 2. The molecule has 3 aromatic rings. The zero-order valence-electron chi connectivity index (χ0n) is 19.5. The lowest BCUT2D eigenvalue weighted by molar-refractivity contribution is -0.245. The van der Waals surface area contributed by atoms with Gasteiger partial charge in [-0.2, -0.15) is 0 Å². The fourth-order valence-corrected chi connectivity index (χ4v) is 4.77. The van der Waals surface area contributed by atoms with Crippen LogP contribution >= 0.6 is 11.8 Å². The Bertz CT molecular complexity index is 1110. The molecule has 35 heavy (non-hydrogen) atoms. The maximum atomic E-state index is 12.0. The summed E-state index contributed by atoms with van der Waals surface area (Å²) in [6, 6.07) is 22.1. The predicted molar refractivity (Wildman–Crippen MR) is 136 cm³/mol. The maximum absolute atomic E-state index is 12.0. The molecule has 1 aliphatic heterocycles. The maximum Gasteiger partial charge on any atom is 0.319 e. The minimum absolute atomic E-state index is 0.00512. The summed E-state index contributed by atoms with van der Waals surface area (Å²) in [5.41, 5.74) is 3.34. The first kappa shape index (κ1) is 25.1. The fraction of sp³-hybridized carbons (Fsp3) is 0.296. The largest absolute Gasteiger partial charge is 0.508 e. The predicted octanol–water partition coefficient (Wildman–Crippen LogP) is 5.36. The average Bonchev–Trinajstić information content (AvgIpc) is 2.88. The van der Waals surface area contributed by atoms with Gasteiger partial charge in [-0.1, -0.05) is 36.4 Å². The lowest BCUT2D eigenvalue weighted by Crippen LogP contribution is -2.31. The third-order valence-corrected chi connectivity index (χ3v) is 6.79. The number of nitrogens with one attached hydrogen (secondary N) is 2. The summed E-state index contributed by atoms with van der Waals surface area (Å²) in [7, 11) is 0. The van der Waals surface area contributed by atoms with E-state index < -0.39 is 6.29 Å². The lowest BCUT2D eigenvalue weighted by Gasteiger charge is -2.36. The molecule has 4 N–H and O–H groups in total. The molecule has 0 aliphatic carbocycles. The Balaban J connectivity index is 1.53. The van der Waals surface area contributed by atoms with Gasteiger partial charge in [0, 0.05) is 34.9 Å². The number of hydrogen-bond donors (Lipinski definition) is 4. The number of urea groups is 1. The monoisotopic (exact) mass is 494 g/mol. The molecule has 3 unspecified atom stereocenters. The van der Waals surface area contributed by atoms with Gasteiger partial charge in [-0.15, -0.1) is 11.8 Å². The number of amides is 2. The second-order valence-corrected chi connectivity index (χ2v) is 9.36. The van der Waals surface area contributed by atoms with Gasteiger partial charge in [-0.3, -0.25) is 0 Å². The van der Waals surface area contributed by atoms with Gasteiger partial charge in [0.1, 0.15) is 5.75 Å². The van der Waals surface area contributed by atoms with Crippen LogP contribution in [0.25, 0.3) is 0 Å². The number of hydrogen-bond acceptors (Lipinski definition) is 6. The molecule has 184 valence electrons. The van der Waals surface area contributed by atoms with Crippen LogP contribution in [0.2, 0.25) is 0 Å². The van der Waals surface area contributed by atoms with E-state index in [0.29, 0.717) is 24.4 Å². The van der Waals surface area contributed by atoms with E-state index in [4.69, 9.17) is 9.47 Å². The van der Waals surface area contributed by atoms with Crippen molar-refractivity contribution in [2.24, 2.45) is 0 Å². The Morgan fingerprint density at radius 1 is 1.03 bits per heavy atom. The summed E-state index contributed by atoms with van der Waals surface area (Å²) < 4.78 is 12.7. The molecule has 1 heterocycles. The van der Waals surface area contributed by atoms with Crippen molar-refractivity contribution in [2.75, 3.05) is 17.6 Å². The smallest absolute Gasteiger partial charge is 0.319 e. The first-order valence-electron chi connectivity index (χ1n) is 11.6. The van der Waals surface area contributed by atoms with Crippen LogP contribution in [0.15, 0.2) is 77.7 Å². The van der Waals surface area contributed by atoms with Crippen LogP contribution in [0.5, 0.6) is 5.75 Å². The number of phenolic OH excluding ortho intramolecular Hbond substituents is 1. The second kappa shape index (κ2) is 12.1. The van der Waals surface area contributed by atoms with Crippen LogP contribution in [0.1, 0.15) is 42.4 Å². The first-order valence-corrected chi connectivity index (χ1v) is 12.6. The molecule has 4 rings (SSSR count). The van der Waals surface area contributed by atoms with Crippen molar-refractivity contribution in [1.29, 1.82) is 0 Å². The van der Waals surface area contributed by atoms with Gasteiger partial charge in [0.2, 0.25) is 0 Å². The number of thioether (sulfide) groups is 1. The zero-order chi connectivity index (χ0) is 24.6. The van der Waals surface area contributed by atoms with E-state index >= 15 is 0 Å². The minimum Gasteiger partial charge on any atom is -0.508 e. The van der Waals surface area contributed by atoms with Crippen LogP contribution in [0.4, 0.5) is 10.5 Å². The summed E-state index contributed by atoms with van der Waals surface area (Å²) in [6.45, 7) is 2.40. The van der Waals surface area contributed by atoms with Crippen LogP contribution in [0, 0.1) is 0 Å². The van der Waals surface area contributed by atoms with E-state index in [1.165, 1.54) is 0 Å². The number of benzene rings is 3. The van der Waals surface area contributed by atoms with Crippen LogP contribution < -0.4 is 10.6 Å². The molecule has 0 aromatic heterocycles. The number of carbonyl (C=O) groups is 1. The first-order chi connectivity index (χ1) is 17.0. The second-order valence-electron chi connectivity index (χ2n) is 8.26. The fourth-order valence-electron chi connectivity index (χ4n) is 3.85. The molecule has 0 radical (unpaired) electrons. The van der Waals surface area contributed by atoms with Crippen molar-refractivity contribution in [3.63, 3.8) is 0 Å². The molecule has 1 aliphatic rings. The normalized spacial score (nSPS) is 19.8. The van der Waals surface area contributed by atoms with Crippen LogP contribution in [0.3, 0.4) is 0 Å². The summed E-state index contributed by atoms with van der Waals surface area (Å²) >= 11 is 1.66. The van der Waals surface area contributed by atoms with Gasteiger partial charge in [0.15, 0.2) is 6.29 Å². The van der Waals surface area contributed by atoms with Gasteiger partial charge in [-0.25, -0.2) is 4.79 Å². The summed E-state index contributed by atoms with van der Waals surface area (Å²) in [4.78, 5) is 13.0. The third-order valence-electron chi connectivity index (χ3n) is 5.64. The molecular weight excluding hydrogens is 464 g/mol. The van der Waals surface area contributed by atoms with E-state index in [9.17, 15) is 15.0 Å². The SMILES string of the molecule is CCNC(=O)Nc1cccc(C2OC(CSc3ccc(O)cc3)CC(c3ccc(CO)cc3)O2)c1. The van der Waals surface area contributed by atoms with Crippen LogP contribution in [-0.2, 0) is 16.1 Å². The topological polar surface area (TPSA) is 100 Å². The highest BCUT2D eigenvalue weighted by molar-refractivity contribution is 7.99. The van der Waals surface area contributed by atoms with E-state index in [0.717, 1.165) is 21.6 Å². The molecule has 2 amide bonds. The summed E-state index contributed by atoms with van der Waals surface area (Å²) in [6.07, 6.45) is -0.202. The molecule has 1 fully saturated rings. The highest BCUT2D eigenvalue weighted by atomic mass is 32.2. The summed E-state index contributed by atoms with van der Waals surface area (Å²) in [5, 5.41) is 24.5. The molecule has 1 saturated heterocycles. The lowest BCUT2D eigenvalue weighted by atomic mass is 10.0. The molecule has 0 saturated carbocycles. The van der Waals surface area contributed by atoms with Crippen molar-refractivity contribution in [1.82, 2.24) is 5.32 Å². The van der Waals surface area contributed by atoms with Gasteiger partial charge in [0.05, 0.1) is 18.8 Å². The Morgan fingerprint density at radius 3 is 2.51 bits per heavy atom. The molecule has 0 spiro atoms. The van der Waals surface area contributed by atoms with E-state index in [1.54, 1.807) is 23.9 Å². The standard InChI is InChI=1S/C27H30N2O5S/c1-2-28-27(32)29-21-5-3-4-20(14-21)26-33-23(17-35-24-12-10-22(31)11-13-24)15-25(34-26)19-8-6-18(16-30)7-9-19/h3-14,23,25-26,30-31H,2,15-17H2,1H3,(H2,28,29,32). The number of aromatic hydroxyl groups is 1. The van der Waals surface area contributed by atoms with Gasteiger partial charge in [-0.05, 0) is 54.4 Å². The number of anilines is 1. The number of aliphatic hydroxyl groups excluding tert-OH is 1. The van der Waals surface area contributed by atoms with Crippen molar-refractivity contribution in [3.05, 3.63) is 89.5 Å². The summed E-state index contributed by atoms with van der Waals surface area (Å²) in [5.74, 6) is 0.955. The molecule has 3 atom stereocenters. The Morgan fingerprint density at radius 2 is 1.80 bits per heavy atom. The Kier molecular flexibility index (Phi) is 8.65. The average molecular weight is 495 g/mol. The molecular formula is C27H30N2O5S. The number of phenols is 1. The van der Waals surface area contributed by atoms with E-state index in [-0.39, 0.29) is 30.6 Å².